The molecule has 5 heteroatoms. The topological polar surface area (TPSA) is 59.0 Å². The van der Waals surface area contributed by atoms with E-state index in [1.807, 2.05) is 13.0 Å². The number of fused-ring (bicyclic) bond motifs is 1. The quantitative estimate of drug-likeness (QED) is 0.874. The molecule has 1 amide bonds. The summed E-state index contributed by atoms with van der Waals surface area (Å²) in [4.78, 5) is 13.3. The first-order valence-corrected chi connectivity index (χ1v) is 5.91. The Kier molecular flexibility index (Phi) is 3.72. The van der Waals surface area contributed by atoms with Crippen LogP contribution in [0.25, 0.3) is 0 Å². The molecular weight excluding hydrogens is 234 g/mol. The van der Waals surface area contributed by atoms with Gasteiger partial charge in [-0.2, -0.15) is 0 Å². The van der Waals surface area contributed by atoms with Crippen LogP contribution in [0.15, 0.2) is 12.1 Å². The second kappa shape index (κ2) is 5.27. The van der Waals surface area contributed by atoms with E-state index in [0.29, 0.717) is 24.7 Å². The summed E-state index contributed by atoms with van der Waals surface area (Å²) < 4.78 is 11.0. The number of amides is 1. The molecule has 5 nitrogen and oxygen atoms in total. The Balaban J connectivity index is 2.30. The van der Waals surface area contributed by atoms with Gasteiger partial charge >= 0.3 is 0 Å². The van der Waals surface area contributed by atoms with Crippen LogP contribution >= 0.6 is 0 Å². The number of nitrogens with zero attached hydrogens (tertiary/aromatic N) is 1. The highest BCUT2D eigenvalue weighted by atomic mass is 16.6. The molecule has 0 saturated carbocycles. The van der Waals surface area contributed by atoms with Crippen molar-refractivity contribution < 1.29 is 19.4 Å². The van der Waals surface area contributed by atoms with Gasteiger partial charge < -0.3 is 19.5 Å². The number of carbonyl (C=O) groups excluding carboxylic acids is 1. The lowest BCUT2D eigenvalue weighted by Gasteiger charge is -2.24. The molecule has 1 aliphatic rings. The fraction of sp³-hybridized carbons (Fsp3) is 0.462. The molecule has 1 aliphatic heterocycles. The molecule has 0 aliphatic carbocycles. The Morgan fingerprint density at radius 3 is 2.56 bits per heavy atom. The zero-order valence-corrected chi connectivity index (χ0v) is 10.6. The van der Waals surface area contributed by atoms with Crippen LogP contribution in [0.2, 0.25) is 0 Å². The van der Waals surface area contributed by atoms with Gasteiger partial charge in [0.15, 0.2) is 11.5 Å². The van der Waals surface area contributed by atoms with Crippen molar-refractivity contribution in [3.05, 3.63) is 17.7 Å². The van der Waals surface area contributed by atoms with Gasteiger partial charge in [-0.1, -0.05) is 0 Å². The first kappa shape index (κ1) is 12.7. The van der Waals surface area contributed by atoms with E-state index in [1.54, 1.807) is 13.1 Å². The molecule has 98 valence electrons. The number of benzene rings is 1. The molecule has 0 aromatic heterocycles. The van der Waals surface area contributed by atoms with E-state index in [-0.39, 0.29) is 18.9 Å². The van der Waals surface area contributed by atoms with E-state index < -0.39 is 0 Å². The van der Waals surface area contributed by atoms with Crippen molar-refractivity contribution in [2.75, 3.05) is 31.8 Å². The second-order valence-electron chi connectivity index (χ2n) is 4.21. The number of anilines is 1. The number of aliphatic hydroxyl groups is 1. The van der Waals surface area contributed by atoms with Crippen LogP contribution in [-0.2, 0) is 4.79 Å². The van der Waals surface area contributed by atoms with E-state index in [0.717, 1.165) is 11.3 Å². The highest BCUT2D eigenvalue weighted by molar-refractivity contribution is 5.94. The van der Waals surface area contributed by atoms with Gasteiger partial charge in [0.05, 0.1) is 18.7 Å². The minimum atomic E-state index is -0.146. The molecule has 18 heavy (non-hydrogen) atoms. The van der Waals surface area contributed by atoms with Crippen LogP contribution in [0.4, 0.5) is 5.69 Å². The van der Waals surface area contributed by atoms with Crippen LogP contribution in [-0.4, -0.2) is 37.9 Å². The number of aryl methyl sites for hydroxylation is 1. The van der Waals surface area contributed by atoms with Gasteiger partial charge in [0.2, 0.25) is 5.91 Å². The van der Waals surface area contributed by atoms with Crippen LogP contribution in [0.3, 0.4) is 0 Å². The average Bonchev–Trinajstić information content (AvgIpc) is 2.37. The first-order chi connectivity index (χ1) is 8.63. The Morgan fingerprint density at radius 2 is 1.94 bits per heavy atom. The third-order valence-corrected chi connectivity index (χ3v) is 2.92. The monoisotopic (exact) mass is 251 g/mol. The molecule has 0 saturated heterocycles. The summed E-state index contributed by atoms with van der Waals surface area (Å²) in [6, 6.07) is 3.67. The fourth-order valence-electron chi connectivity index (χ4n) is 1.94. The molecule has 0 spiro atoms. The number of ether oxygens (including phenoxy) is 2. The summed E-state index contributed by atoms with van der Waals surface area (Å²) in [5, 5.41) is 8.80. The third kappa shape index (κ3) is 2.41. The van der Waals surface area contributed by atoms with Crippen LogP contribution < -0.4 is 14.4 Å². The molecule has 1 N–H and O–H groups in total. The van der Waals surface area contributed by atoms with E-state index in [2.05, 4.69) is 0 Å². The lowest BCUT2D eigenvalue weighted by atomic mass is 10.1. The van der Waals surface area contributed by atoms with E-state index >= 15 is 0 Å². The maximum Gasteiger partial charge on any atom is 0.229 e. The Morgan fingerprint density at radius 1 is 1.33 bits per heavy atom. The van der Waals surface area contributed by atoms with Gasteiger partial charge in [0.1, 0.15) is 13.2 Å². The number of carbonyl (C=O) groups is 1. The van der Waals surface area contributed by atoms with Gasteiger partial charge in [-0.05, 0) is 18.6 Å². The van der Waals surface area contributed by atoms with E-state index in [4.69, 9.17) is 14.6 Å². The predicted molar refractivity (Wildman–Crippen MR) is 67.3 cm³/mol. The summed E-state index contributed by atoms with van der Waals surface area (Å²) in [5.74, 6) is 1.24. The van der Waals surface area contributed by atoms with Crippen molar-refractivity contribution in [2.24, 2.45) is 0 Å². The van der Waals surface area contributed by atoms with E-state index in [1.165, 1.54) is 4.90 Å². The SMILES string of the molecule is Cc1cc2c(cc1N(C)C(=O)CCO)OCCO2. The number of hydrogen-bond acceptors (Lipinski definition) is 4. The zero-order valence-electron chi connectivity index (χ0n) is 10.6. The number of aliphatic hydroxyl groups excluding tert-OH is 1. The predicted octanol–water partition coefficient (Wildman–Crippen LogP) is 1.11. The van der Waals surface area contributed by atoms with Crippen molar-refractivity contribution in [3.8, 4) is 11.5 Å². The minimum absolute atomic E-state index is 0.115. The second-order valence-corrected chi connectivity index (χ2v) is 4.21. The molecule has 0 radical (unpaired) electrons. The van der Waals surface area contributed by atoms with Crippen LogP contribution in [0, 0.1) is 6.92 Å². The summed E-state index contributed by atoms with van der Waals surface area (Å²) in [6.07, 6.45) is 0.115. The Hall–Kier alpha value is -1.75. The highest BCUT2D eigenvalue weighted by Gasteiger charge is 2.18. The summed E-state index contributed by atoms with van der Waals surface area (Å²) >= 11 is 0. The van der Waals surface area contributed by atoms with Gasteiger partial charge in [-0.25, -0.2) is 0 Å². The standard InChI is InChI=1S/C13H17NO4/c1-9-7-11-12(18-6-5-17-11)8-10(9)14(2)13(16)3-4-15/h7-8,15H,3-6H2,1-2H3. The lowest BCUT2D eigenvalue weighted by Crippen LogP contribution is -2.27. The van der Waals surface area contributed by atoms with Crippen LogP contribution in [0.1, 0.15) is 12.0 Å². The van der Waals surface area contributed by atoms with Crippen molar-refractivity contribution in [2.45, 2.75) is 13.3 Å². The summed E-state index contributed by atoms with van der Waals surface area (Å²) in [5.41, 5.74) is 1.71. The molecule has 1 aromatic rings. The fourth-order valence-corrected chi connectivity index (χ4v) is 1.94. The molecule has 2 rings (SSSR count). The third-order valence-electron chi connectivity index (χ3n) is 2.92. The van der Waals surface area contributed by atoms with Gasteiger partial charge in [-0.3, -0.25) is 4.79 Å². The molecule has 0 bridgehead atoms. The molecule has 0 atom stereocenters. The van der Waals surface area contributed by atoms with Crippen molar-refractivity contribution in [1.29, 1.82) is 0 Å². The van der Waals surface area contributed by atoms with Crippen molar-refractivity contribution in [1.82, 2.24) is 0 Å². The summed E-state index contributed by atoms with van der Waals surface area (Å²) in [6.45, 7) is 2.83. The maximum atomic E-state index is 11.8. The van der Waals surface area contributed by atoms with Gasteiger partial charge in [0.25, 0.3) is 0 Å². The maximum absolute atomic E-state index is 11.8. The molecule has 0 unspecified atom stereocenters. The highest BCUT2D eigenvalue weighted by Crippen LogP contribution is 2.36. The molecule has 1 aromatic carbocycles. The van der Waals surface area contributed by atoms with Crippen molar-refractivity contribution in [3.63, 3.8) is 0 Å². The minimum Gasteiger partial charge on any atom is -0.486 e. The number of hydrogen-bond donors (Lipinski definition) is 1. The smallest absolute Gasteiger partial charge is 0.229 e. The Labute approximate surface area is 106 Å². The number of rotatable bonds is 3. The van der Waals surface area contributed by atoms with Crippen molar-refractivity contribution >= 4 is 11.6 Å². The van der Waals surface area contributed by atoms with Crippen LogP contribution in [0.5, 0.6) is 11.5 Å². The zero-order chi connectivity index (χ0) is 13.1. The Bertz CT molecular complexity index is 459. The molecular formula is C13H17NO4. The van der Waals surface area contributed by atoms with Gasteiger partial charge in [0, 0.05) is 13.1 Å². The normalized spacial score (nSPS) is 13.3. The van der Waals surface area contributed by atoms with E-state index in [9.17, 15) is 4.79 Å². The first-order valence-electron chi connectivity index (χ1n) is 5.91. The lowest BCUT2D eigenvalue weighted by molar-refractivity contribution is -0.118. The molecule has 1 heterocycles. The van der Waals surface area contributed by atoms with Gasteiger partial charge in [-0.15, -0.1) is 0 Å². The summed E-state index contributed by atoms with van der Waals surface area (Å²) in [7, 11) is 1.69. The average molecular weight is 251 g/mol. The molecule has 0 fully saturated rings. The largest absolute Gasteiger partial charge is 0.486 e.